The van der Waals surface area contributed by atoms with E-state index in [1.165, 1.54) is 6.07 Å². The Morgan fingerprint density at radius 1 is 0.906 bits per heavy atom. The van der Waals surface area contributed by atoms with Gasteiger partial charge in [0, 0.05) is 48.9 Å². The summed E-state index contributed by atoms with van der Waals surface area (Å²) in [4.78, 5) is 31.6. The molecule has 0 radical (unpaired) electrons. The Morgan fingerprint density at radius 3 is 2.38 bits per heavy atom. The van der Waals surface area contributed by atoms with Crippen LogP contribution in [0.5, 0.6) is 0 Å². The fraction of sp³-hybridized carbons (Fsp3) is 0.417. The molecule has 53 heavy (non-hydrogen) atoms. The summed E-state index contributed by atoms with van der Waals surface area (Å²) in [7, 11) is 0. The van der Waals surface area contributed by atoms with Gasteiger partial charge < -0.3 is 29.7 Å². The Balaban J connectivity index is 1.31. The molecule has 1 fully saturated rings. The van der Waals surface area contributed by atoms with E-state index in [0.717, 1.165) is 62.0 Å². The molecule has 0 saturated carbocycles. The Hall–Kier alpha value is -4.70. The van der Waals surface area contributed by atoms with Crippen molar-refractivity contribution in [2.45, 2.75) is 32.0 Å². The van der Waals surface area contributed by atoms with Gasteiger partial charge in [-0.2, -0.15) is 18.3 Å². The number of halogens is 4. The fourth-order valence-electron chi connectivity index (χ4n) is 5.33. The van der Waals surface area contributed by atoms with Gasteiger partial charge in [0.15, 0.2) is 0 Å². The summed E-state index contributed by atoms with van der Waals surface area (Å²) in [6.07, 6.45) is -0.417. The lowest BCUT2D eigenvalue weighted by molar-refractivity contribution is -0.137. The molecule has 2 amide bonds. The predicted octanol–water partition coefficient (Wildman–Crippen LogP) is 6.82. The van der Waals surface area contributed by atoms with Crippen LogP contribution in [0.2, 0.25) is 5.02 Å². The summed E-state index contributed by atoms with van der Waals surface area (Å²) in [5, 5.41) is 12.9. The molecule has 0 unspecified atom stereocenters. The molecule has 284 valence electrons. The number of benzene rings is 3. The van der Waals surface area contributed by atoms with Gasteiger partial charge in [0.25, 0.3) is 11.8 Å². The summed E-state index contributed by atoms with van der Waals surface area (Å²) in [6.45, 7) is 5.47. The monoisotopic (exact) mass is 758 g/mol. The van der Waals surface area contributed by atoms with Gasteiger partial charge in [-0.25, -0.2) is 5.43 Å². The third-order valence-electron chi connectivity index (χ3n) is 7.98. The van der Waals surface area contributed by atoms with Gasteiger partial charge in [0.1, 0.15) is 0 Å². The molecule has 1 saturated heterocycles. The van der Waals surface area contributed by atoms with Crippen LogP contribution in [0.3, 0.4) is 0 Å². The summed E-state index contributed by atoms with van der Waals surface area (Å²) < 4.78 is 56.1. The molecule has 1 aliphatic rings. The van der Waals surface area contributed by atoms with Gasteiger partial charge in [-0.3, -0.25) is 9.59 Å². The van der Waals surface area contributed by atoms with Crippen molar-refractivity contribution >= 4 is 41.0 Å². The predicted molar refractivity (Wildman–Crippen MR) is 197 cm³/mol. The van der Waals surface area contributed by atoms with Crippen molar-refractivity contribution in [1.82, 2.24) is 10.7 Å². The highest BCUT2D eigenvalue weighted by Crippen LogP contribution is 2.35. The molecule has 13 nitrogen and oxygen atoms in total. The molecule has 0 aromatic heterocycles. The second-order valence-corrected chi connectivity index (χ2v) is 12.2. The maximum atomic E-state index is 13.4. The minimum atomic E-state index is -4.65. The zero-order chi connectivity index (χ0) is 37.9. The first-order valence-electron chi connectivity index (χ1n) is 17.1. The number of rotatable bonds is 20. The van der Waals surface area contributed by atoms with Crippen LogP contribution in [-0.4, -0.2) is 83.8 Å². The van der Waals surface area contributed by atoms with Crippen LogP contribution in [0.15, 0.2) is 70.9 Å². The average Bonchev–Trinajstić information content (AvgIpc) is 3.15. The Kier molecular flexibility index (Phi) is 16.8. The van der Waals surface area contributed by atoms with Crippen LogP contribution >= 0.6 is 11.6 Å². The number of ether oxygens (including phenoxy) is 3. The normalized spacial score (nSPS) is 13.2. The van der Waals surface area contributed by atoms with Crippen molar-refractivity contribution in [1.29, 1.82) is 0 Å². The highest BCUT2D eigenvalue weighted by molar-refractivity contribution is 6.31. The van der Waals surface area contributed by atoms with Gasteiger partial charge in [-0.15, -0.1) is 0 Å². The topological polar surface area (TPSA) is 162 Å². The Labute approximate surface area is 310 Å². The molecule has 0 atom stereocenters. The highest BCUT2D eigenvalue weighted by Gasteiger charge is 2.33. The van der Waals surface area contributed by atoms with Crippen molar-refractivity contribution in [3.05, 3.63) is 104 Å². The molecule has 0 spiro atoms. The number of hydrazone groups is 1. The van der Waals surface area contributed by atoms with Crippen LogP contribution in [-0.2, 0) is 26.9 Å². The average molecular weight is 759 g/mol. The standard InChI is InChI=1S/C36H42ClF3N8O5/c37-32-9-7-27(22-31(32)36(38,39)40)25-44-46-35(50)30-23-29(48-13-2-1-3-14-48)8-10-33(30)45-34(49)28-6-4-5-26(21-28)24-42-11-15-51-17-19-53-20-18-52-16-12-43-47-41/h4-10,21-23,25,42H,1-3,11-20,24H2,(H,45,49)(H,46,50)/b44-25+. The van der Waals surface area contributed by atoms with Gasteiger partial charge in [0.05, 0.1) is 67.7 Å². The molecule has 1 heterocycles. The van der Waals surface area contributed by atoms with Gasteiger partial charge in [-0.05, 0) is 78.4 Å². The van der Waals surface area contributed by atoms with E-state index in [0.29, 0.717) is 58.3 Å². The summed E-state index contributed by atoms with van der Waals surface area (Å²) in [5.74, 6) is -1.08. The van der Waals surface area contributed by atoms with E-state index in [1.807, 2.05) is 12.1 Å². The van der Waals surface area contributed by atoms with Crippen LogP contribution < -0.4 is 21.0 Å². The smallest absolute Gasteiger partial charge is 0.379 e. The van der Waals surface area contributed by atoms with E-state index < -0.39 is 28.6 Å². The first-order chi connectivity index (χ1) is 25.7. The Bertz CT molecular complexity index is 1730. The van der Waals surface area contributed by atoms with E-state index in [-0.39, 0.29) is 23.4 Å². The van der Waals surface area contributed by atoms with Crippen LogP contribution in [0.25, 0.3) is 10.4 Å². The van der Waals surface area contributed by atoms with Crippen LogP contribution in [0, 0.1) is 0 Å². The molecule has 4 rings (SSSR count). The van der Waals surface area contributed by atoms with E-state index >= 15 is 0 Å². The molecular formula is C36H42ClF3N8O5. The van der Waals surface area contributed by atoms with E-state index in [1.54, 1.807) is 30.3 Å². The van der Waals surface area contributed by atoms with Crippen molar-refractivity contribution in [2.75, 3.05) is 76.0 Å². The number of carbonyl (C=O) groups excluding carboxylic acids is 2. The highest BCUT2D eigenvalue weighted by atomic mass is 35.5. The van der Waals surface area contributed by atoms with E-state index in [2.05, 4.69) is 36.1 Å². The molecule has 3 aromatic carbocycles. The number of hydrogen-bond acceptors (Lipinski definition) is 9. The molecule has 17 heteroatoms. The van der Waals surface area contributed by atoms with Gasteiger partial charge in [-0.1, -0.05) is 34.9 Å². The number of carbonyl (C=O) groups is 2. The van der Waals surface area contributed by atoms with Crippen molar-refractivity contribution in [2.24, 2.45) is 10.2 Å². The van der Waals surface area contributed by atoms with Crippen molar-refractivity contribution < 1.29 is 37.0 Å². The fourth-order valence-corrected chi connectivity index (χ4v) is 5.55. The zero-order valence-corrected chi connectivity index (χ0v) is 29.8. The largest absolute Gasteiger partial charge is 0.417 e. The molecule has 3 aromatic rings. The number of azide groups is 1. The second-order valence-electron chi connectivity index (χ2n) is 11.8. The molecule has 3 N–H and O–H groups in total. The summed E-state index contributed by atoms with van der Waals surface area (Å²) in [6, 6.07) is 15.6. The second kappa shape index (κ2) is 21.7. The van der Waals surface area contributed by atoms with Crippen LogP contribution in [0.1, 0.15) is 56.7 Å². The minimum absolute atomic E-state index is 0.0870. The number of amides is 2. The zero-order valence-electron chi connectivity index (χ0n) is 29.0. The Morgan fingerprint density at radius 2 is 1.64 bits per heavy atom. The molecule has 1 aliphatic heterocycles. The van der Waals surface area contributed by atoms with Crippen molar-refractivity contribution in [3.63, 3.8) is 0 Å². The third kappa shape index (κ3) is 14.0. The number of nitrogens with one attached hydrogen (secondary N) is 3. The summed E-state index contributed by atoms with van der Waals surface area (Å²) >= 11 is 5.71. The lowest BCUT2D eigenvalue weighted by Gasteiger charge is -2.29. The number of alkyl halides is 3. The summed E-state index contributed by atoms with van der Waals surface area (Å²) in [5.41, 5.74) is 12.1. The van der Waals surface area contributed by atoms with Crippen LogP contribution in [0.4, 0.5) is 24.5 Å². The molecule has 0 aliphatic carbocycles. The first-order valence-corrected chi connectivity index (χ1v) is 17.5. The van der Waals surface area contributed by atoms with Crippen molar-refractivity contribution in [3.8, 4) is 0 Å². The minimum Gasteiger partial charge on any atom is -0.379 e. The quantitative estimate of drug-likeness (QED) is 0.0285. The maximum absolute atomic E-state index is 13.4. The number of anilines is 2. The van der Waals surface area contributed by atoms with E-state index in [9.17, 15) is 22.8 Å². The third-order valence-corrected chi connectivity index (χ3v) is 8.31. The maximum Gasteiger partial charge on any atom is 0.417 e. The molecular weight excluding hydrogens is 717 g/mol. The number of nitrogens with zero attached hydrogens (tertiary/aromatic N) is 5. The molecule has 0 bridgehead atoms. The lowest BCUT2D eigenvalue weighted by Crippen LogP contribution is -2.30. The SMILES string of the molecule is [N-]=[N+]=NCCOCCOCCOCCNCc1cccc(C(=O)Nc2ccc(N3CCCCC3)cc2C(=O)N/N=C/c2ccc(Cl)c(C(F)(F)F)c2)c1. The number of piperidine rings is 1. The van der Waals surface area contributed by atoms with Gasteiger partial charge in [0.2, 0.25) is 0 Å². The number of hydrogen-bond donors (Lipinski definition) is 3. The van der Waals surface area contributed by atoms with E-state index in [4.69, 9.17) is 31.3 Å². The first kappa shape index (κ1) is 41.1. The lowest BCUT2D eigenvalue weighted by atomic mass is 10.1. The van der Waals surface area contributed by atoms with Gasteiger partial charge >= 0.3 is 6.18 Å².